The topological polar surface area (TPSA) is 105 Å². The molecule has 0 spiro atoms. The first-order valence-electron chi connectivity index (χ1n) is 17.2. The van der Waals surface area contributed by atoms with Gasteiger partial charge in [0.05, 0.1) is 11.1 Å². The molecule has 2 saturated carbocycles. The number of benzene rings is 4. The van der Waals surface area contributed by atoms with E-state index >= 15 is 0 Å². The smallest absolute Gasteiger partial charge is 0.339 e. The Morgan fingerprint density at radius 2 is 0.980 bits per heavy atom. The van der Waals surface area contributed by atoms with Gasteiger partial charge in [0.1, 0.15) is 0 Å². The molecule has 2 aliphatic carbocycles. The fourth-order valence-electron chi connectivity index (χ4n) is 7.25. The Morgan fingerprint density at radius 1 is 0.571 bits per heavy atom. The standard InChI is InChI=1S/C41H44I2N2O4/c1-27-7-5-6-10-37(27)41(43,49-39(47)33-17-13-29(14-18-33)31-21-25-36(45)26-22-31)40(42,34-8-3-2-4-9-34)48-38(46)32-15-11-28(12-16-32)30-19-23-35(44)24-20-30/h2-18,30-31,35-36H,19-26,44-45H2,1H3/t30?,31?,35?,36?,40-,41-/m1/s1. The lowest BCUT2D eigenvalue weighted by Crippen LogP contribution is -2.47. The van der Waals surface area contributed by atoms with Crippen LogP contribution in [0.3, 0.4) is 0 Å². The third kappa shape index (κ3) is 7.92. The summed E-state index contributed by atoms with van der Waals surface area (Å²) in [5.74, 6) is -0.123. The van der Waals surface area contributed by atoms with Gasteiger partial charge in [-0.15, -0.1) is 0 Å². The van der Waals surface area contributed by atoms with Crippen LogP contribution in [0.5, 0.6) is 0 Å². The molecule has 4 aromatic carbocycles. The second kappa shape index (κ2) is 15.6. The molecule has 2 fully saturated rings. The SMILES string of the molecule is Cc1ccccc1[C@@](I)(OC(=O)c1ccc(C2CCC(N)CC2)cc1)[C@](I)(OC(=O)c1ccc(C2CCC(N)CC2)cc1)c1ccccc1. The molecule has 4 N–H and O–H groups in total. The Bertz CT molecular complexity index is 1730. The first-order valence-corrected chi connectivity index (χ1v) is 19.4. The van der Waals surface area contributed by atoms with Crippen molar-refractivity contribution in [3.8, 4) is 0 Å². The molecule has 2 aliphatic rings. The summed E-state index contributed by atoms with van der Waals surface area (Å²) in [6.45, 7) is 1.97. The molecular formula is C41H44I2N2O4. The van der Waals surface area contributed by atoms with Crippen molar-refractivity contribution < 1.29 is 19.1 Å². The minimum absolute atomic E-state index is 0.275. The quantitative estimate of drug-likeness (QED) is 0.0987. The van der Waals surface area contributed by atoms with Gasteiger partial charge >= 0.3 is 11.9 Å². The predicted octanol–water partition coefficient (Wildman–Crippen LogP) is 9.55. The summed E-state index contributed by atoms with van der Waals surface area (Å²) in [6.07, 6.45) is 8.24. The van der Waals surface area contributed by atoms with Crippen LogP contribution < -0.4 is 11.5 Å². The number of rotatable bonds is 9. The number of alkyl halides is 2. The van der Waals surface area contributed by atoms with Crippen molar-refractivity contribution in [2.75, 3.05) is 0 Å². The number of nitrogens with two attached hydrogens (primary N) is 2. The van der Waals surface area contributed by atoms with E-state index in [-0.39, 0.29) is 12.1 Å². The third-order valence-electron chi connectivity index (χ3n) is 10.3. The van der Waals surface area contributed by atoms with Gasteiger partial charge in [-0.05, 0) is 156 Å². The Kier molecular flexibility index (Phi) is 11.5. The normalized spacial score (nSPS) is 23.4. The third-order valence-corrected chi connectivity index (χ3v) is 14.5. The predicted molar refractivity (Wildman–Crippen MR) is 211 cm³/mol. The summed E-state index contributed by atoms with van der Waals surface area (Å²) in [5, 5.41) is 0. The van der Waals surface area contributed by atoms with Crippen LogP contribution in [0.2, 0.25) is 0 Å². The van der Waals surface area contributed by atoms with Crippen molar-refractivity contribution in [3.63, 3.8) is 0 Å². The molecule has 6 nitrogen and oxygen atoms in total. The summed E-state index contributed by atoms with van der Waals surface area (Å²) >= 11 is 4.34. The summed E-state index contributed by atoms with van der Waals surface area (Å²) in [7, 11) is 0. The van der Waals surface area contributed by atoms with Crippen LogP contribution in [0.15, 0.2) is 103 Å². The van der Waals surface area contributed by atoms with E-state index in [4.69, 9.17) is 20.9 Å². The van der Waals surface area contributed by atoms with Crippen LogP contribution in [0.25, 0.3) is 0 Å². The Morgan fingerprint density at radius 3 is 1.43 bits per heavy atom. The zero-order valence-electron chi connectivity index (χ0n) is 27.8. The lowest BCUT2D eigenvalue weighted by atomic mass is 9.82. The number of carbonyl (C=O) groups excluding carboxylic acids is 2. The second-order valence-electron chi connectivity index (χ2n) is 13.6. The van der Waals surface area contributed by atoms with Crippen LogP contribution in [0, 0.1) is 6.92 Å². The number of hydrogen-bond donors (Lipinski definition) is 2. The average molecular weight is 883 g/mol. The molecule has 0 bridgehead atoms. The summed E-state index contributed by atoms with van der Waals surface area (Å²) in [5.41, 5.74) is 17.9. The van der Waals surface area contributed by atoms with Crippen LogP contribution in [-0.2, 0) is 16.7 Å². The van der Waals surface area contributed by atoms with E-state index in [1.54, 1.807) is 0 Å². The maximum Gasteiger partial charge on any atom is 0.339 e. The molecule has 0 aliphatic heterocycles. The van der Waals surface area contributed by atoms with Gasteiger partial charge in [-0.1, -0.05) is 78.9 Å². The number of carbonyl (C=O) groups is 2. The minimum atomic E-state index is -1.45. The summed E-state index contributed by atoms with van der Waals surface area (Å²) < 4.78 is 10.2. The summed E-state index contributed by atoms with van der Waals surface area (Å²) in [4.78, 5) is 28.2. The van der Waals surface area contributed by atoms with Gasteiger partial charge in [-0.3, -0.25) is 0 Å². The molecular weight excluding hydrogens is 838 g/mol. The molecule has 2 atom stereocenters. The molecule has 0 amide bonds. The van der Waals surface area contributed by atoms with Crippen molar-refractivity contribution in [2.24, 2.45) is 11.5 Å². The molecule has 0 radical (unpaired) electrons. The van der Waals surface area contributed by atoms with Gasteiger partial charge in [0.25, 0.3) is 0 Å². The maximum absolute atomic E-state index is 14.1. The van der Waals surface area contributed by atoms with Crippen molar-refractivity contribution in [1.82, 2.24) is 0 Å². The van der Waals surface area contributed by atoms with Gasteiger partial charge in [-0.25, -0.2) is 9.59 Å². The molecule has 0 aromatic heterocycles. The average Bonchev–Trinajstić information content (AvgIpc) is 3.13. The fraction of sp³-hybridized carbons (Fsp3) is 0.366. The van der Waals surface area contributed by atoms with Crippen molar-refractivity contribution in [3.05, 3.63) is 142 Å². The molecule has 0 unspecified atom stereocenters. The maximum atomic E-state index is 14.1. The number of ether oxygens (including phenoxy) is 2. The highest BCUT2D eigenvalue weighted by molar-refractivity contribution is 14.1. The van der Waals surface area contributed by atoms with Crippen LogP contribution >= 0.6 is 45.2 Å². The zero-order valence-corrected chi connectivity index (χ0v) is 32.1. The largest absolute Gasteiger partial charge is 0.434 e. The highest BCUT2D eigenvalue weighted by Crippen LogP contribution is 2.57. The number of hydrogen-bond acceptors (Lipinski definition) is 6. The van der Waals surface area contributed by atoms with E-state index < -0.39 is 19.2 Å². The molecule has 6 rings (SSSR count). The van der Waals surface area contributed by atoms with E-state index in [0.717, 1.165) is 62.5 Å². The van der Waals surface area contributed by atoms with E-state index in [2.05, 4.69) is 45.2 Å². The van der Waals surface area contributed by atoms with Gasteiger partial charge in [0, 0.05) is 23.2 Å². The van der Waals surface area contributed by atoms with Crippen molar-refractivity contribution >= 4 is 57.1 Å². The van der Waals surface area contributed by atoms with E-state index in [1.807, 2.05) is 110 Å². The molecule has 49 heavy (non-hydrogen) atoms. The summed E-state index contributed by atoms with van der Waals surface area (Å²) in [6, 6.07) is 33.3. The number of halogens is 2. The van der Waals surface area contributed by atoms with Crippen LogP contribution in [-0.4, -0.2) is 24.0 Å². The van der Waals surface area contributed by atoms with Crippen molar-refractivity contribution in [1.29, 1.82) is 0 Å². The highest BCUT2D eigenvalue weighted by atomic mass is 127. The fourth-order valence-corrected chi connectivity index (χ4v) is 9.44. The Labute approximate surface area is 317 Å². The zero-order chi connectivity index (χ0) is 34.6. The molecule has 4 aromatic rings. The lowest BCUT2D eigenvalue weighted by Gasteiger charge is -2.42. The van der Waals surface area contributed by atoms with Gasteiger partial charge < -0.3 is 20.9 Å². The molecule has 0 heterocycles. The Hall–Kier alpha value is -2.80. The van der Waals surface area contributed by atoms with Crippen LogP contribution in [0.4, 0.5) is 0 Å². The molecule has 0 saturated heterocycles. The van der Waals surface area contributed by atoms with Gasteiger partial charge in [0.2, 0.25) is 7.22 Å². The monoisotopic (exact) mass is 882 g/mol. The first kappa shape index (κ1) is 36.0. The molecule has 256 valence electrons. The number of esters is 2. The Balaban J connectivity index is 1.33. The van der Waals surface area contributed by atoms with E-state index in [9.17, 15) is 9.59 Å². The van der Waals surface area contributed by atoms with Gasteiger partial charge in [0.15, 0.2) is 0 Å². The van der Waals surface area contributed by atoms with Crippen LogP contribution in [0.1, 0.15) is 112 Å². The van der Waals surface area contributed by atoms with E-state index in [0.29, 0.717) is 28.5 Å². The van der Waals surface area contributed by atoms with E-state index in [1.165, 1.54) is 11.1 Å². The first-order chi connectivity index (χ1) is 23.6. The highest BCUT2D eigenvalue weighted by Gasteiger charge is 2.58. The van der Waals surface area contributed by atoms with Crippen molar-refractivity contribution in [2.45, 2.75) is 89.4 Å². The molecule has 8 heteroatoms. The number of aryl methyl sites for hydroxylation is 1. The lowest BCUT2D eigenvalue weighted by molar-refractivity contribution is -0.0568. The second-order valence-corrected chi connectivity index (χ2v) is 16.7. The van der Waals surface area contributed by atoms with Gasteiger partial charge in [-0.2, -0.15) is 0 Å². The minimum Gasteiger partial charge on any atom is -0.434 e.